The Morgan fingerprint density at radius 2 is 2.08 bits per heavy atom. The van der Waals surface area contributed by atoms with Crippen molar-refractivity contribution in [2.75, 3.05) is 32.7 Å². The normalized spacial score (nSPS) is 27.6. The number of pyridine rings is 1. The largest absolute Gasteiger partial charge is 0.364 e. The maximum atomic E-state index is 12.8. The maximum absolute atomic E-state index is 12.8. The summed E-state index contributed by atoms with van der Waals surface area (Å²) in [5, 5.41) is 0. The molecule has 1 amide bonds. The average Bonchev–Trinajstić information content (AvgIpc) is 2.94. The highest BCUT2D eigenvalue weighted by Crippen LogP contribution is 2.40. The molecule has 2 aliphatic heterocycles. The van der Waals surface area contributed by atoms with E-state index in [9.17, 15) is 9.59 Å². The number of hydrogen-bond donors (Lipinski definition) is 1. The minimum atomic E-state index is -0.169. The molecule has 1 saturated carbocycles. The number of aromatic amines is 1. The Morgan fingerprint density at radius 3 is 2.80 bits per heavy atom. The quantitative estimate of drug-likeness (QED) is 0.917. The lowest BCUT2D eigenvalue weighted by Gasteiger charge is -2.43. The molecule has 3 aliphatic rings. The monoisotopic (exact) mass is 343 g/mol. The van der Waals surface area contributed by atoms with Crippen LogP contribution in [0.2, 0.25) is 0 Å². The van der Waals surface area contributed by atoms with Crippen LogP contribution in [0.25, 0.3) is 0 Å². The van der Waals surface area contributed by atoms with Gasteiger partial charge in [-0.3, -0.25) is 9.59 Å². The third-order valence-electron chi connectivity index (χ3n) is 6.49. The first-order valence-electron chi connectivity index (χ1n) is 9.76. The smallest absolute Gasteiger partial charge is 0.259 e. The van der Waals surface area contributed by atoms with Crippen molar-refractivity contribution < 1.29 is 4.79 Å². The number of hydrogen-bond acceptors (Lipinski definition) is 3. The van der Waals surface area contributed by atoms with Gasteiger partial charge >= 0.3 is 0 Å². The molecule has 136 valence electrons. The highest BCUT2D eigenvalue weighted by Gasteiger charge is 2.43. The summed E-state index contributed by atoms with van der Waals surface area (Å²) in [5.41, 5.74) is 1.15. The number of piperidine rings is 1. The van der Waals surface area contributed by atoms with Gasteiger partial charge in [0.25, 0.3) is 5.91 Å². The van der Waals surface area contributed by atoms with Crippen LogP contribution in [0.15, 0.2) is 17.1 Å². The highest BCUT2D eigenvalue weighted by atomic mass is 16.2. The summed E-state index contributed by atoms with van der Waals surface area (Å²) in [5.74, 6) is 0.801. The summed E-state index contributed by atoms with van der Waals surface area (Å²) in [6, 6.07) is 1.51. The minimum absolute atomic E-state index is 0.103. The van der Waals surface area contributed by atoms with Crippen LogP contribution in [0, 0.1) is 18.3 Å². The Bertz CT molecular complexity index is 709. The third-order valence-corrected chi connectivity index (χ3v) is 6.49. The van der Waals surface area contributed by atoms with Crippen molar-refractivity contribution in [3.05, 3.63) is 33.7 Å². The predicted molar refractivity (Wildman–Crippen MR) is 97.8 cm³/mol. The first kappa shape index (κ1) is 16.8. The molecule has 25 heavy (non-hydrogen) atoms. The van der Waals surface area contributed by atoms with Gasteiger partial charge in [-0.2, -0.15) is 0 Å². The zero-order chi connectivity index (χ0) is 17.4. The fraction of sp³-hybridized carbons (Fsp3) is 0.700. The zero-order valence-corrected chi connectivity index (χ0v) is 15.2. The molecule has 0 bridgehead atoms. The van der Waals surface area contributed by atoms with E-state index >= 15 is 0 Å². The predicted octanol–water partition coefficient (Wildman–Crippen LogP) is 2.41. The van der Waals surface area contributed by atoms with Gasteiger partial charge in [-0.25, -0.2) is 0 Å². The first-order valence-corrected chi connectivity index (χ1v) is 9.76. The molecule has 1 aliphatic carbocycles. The maximum Gasteiger partial charge on any atom is 0.259 e. The van der Waals surface area contributed by atoms with E-state index in [1.165, 1.54) is 51.3 Å². The number of amides is 1. The Kier molecular flexibility index (Phi) is 4.44. The number of aryl methyl sites for hydroxylation is 1. The van der Waals surface area contributed by atoms with Crippen molar-refractivity contribution in [3.8, 4) is 0 Å². The van der Waals surface area contributed by atoms with E-state index in [-0.39, 0.29) is 22.3 Å². The number of aromatic nitrogens is 1. The van der Waals surface area contributed by atoms with Crippen LogP contribution in [0.4, 0.5) is 0 Å². The lowest BCUT2D eigenvalue weighted by Crippen LogP contribution is -2.47. The van der Waals surface area contributed by atoms with Gasteiger partial charge in [-0.1, -0.05) is 6.42 Å². The average molecular weight is 343 g/mol. The lowest BCUT2D eigenvalue weighted by molar-refractivity contribution is 0.0594. The number of H-pyrrole nitrogens is 1. The number of carbonyl (C=O) groups is 1. The Balaban J connectivity index is 1.42. The van der Waals surface area contributed by atoms with Crippen LogP contribution in [-0.2, 0) is 0 Å². The van der Waals surface area contributed by atoms with E-state index < -0.39 is 0 Å². The van der Waals surface area contributed by atoms with E-state index in [1.54, 1.807) is 6.20 Å². The second-order valence-corrected chi connectivity index (χ2v) is 8.51. The van der Waals surface area contributed by atoms with E-state index in [0.717, 1.165) is 37.7 Å². The molecule has 5 heteroatoms. The molecule has 0 radical (unpaired) electrons. The van der Waals surface area contributed by atoms with Crippen LogP contribution in [0.1, 0.15) is 54.6 Å². The van der Waals surface area contributed by atoms with E-state index in [0.29, 0.717) is 0 Å². The van der Waals surface area contributed by atoms with Gasteiger partial charge in [0.2, 0.25) is 0 Å². The molecule has 1 aromatic heterocycles. The second kappa shape index (κ2) is 6.60. The summed E-state index contributed by atoms with van der Waals surface area (Å²) >= 11 is 0. The summed E-state index contributed by atoms with van der Waals surface area (Å²) < 4.78 is 0. The van der Waals surface area contributed by atoms with Crippen LogP contribution in [-0.4, -0.2) is 53.4 Å². The minimum Gasteiger partial charge on any atom is -0.364 e. The molecule has 3 heterocycles. The number of likely N-dealkylation sites (tertiary alicyclic amines) is 2. The lowest BCUT2D eigenvalue weighted by atomic mass is 9.78. The molecule has 5 nitrogen and oxygen atoms in total. The molecule has 1 N–H and O–H groups in total. The van der Waals surface area contributed by atoms with Crippen LogP contribution in [0.5, 0.6) is 0 Å². The molecular weight excluding hydrogens is 314 g/mol. The van der Waals surface area contributed by atoms with Crippen molar-refractivity contribution >= 4 is 5.91 Å². The third kappa shape index (κ3) is 3.39. The van der Waals surface area contributed by atoms with Gasteiger partial charge in [-0.15, -0.1) is 0 Å². The Morgan fingerprint density at radius 1 is 1.24 bits per heavy atom. The molecule has 2 saturated heterocycles. The number of carbonyl (C=O) groups excluding carboxylic acids is 1. The van der Waals surface area contributed by atoms with Gasteiger partial charge in [0.1, 0.15) is 5.56 Å². The molecular formula is C20H29N3O2. The van der Waals surface area contributed by atoms with Crippen LogP contribution in [0.3, 0.4) is 0 Å². The van der Waals surface area contributed by atoms with Crippen molar-refractivity contribution in [3.63, 3.8) is 0 Å². The van der Waals surface area contributed by atoms with Gasteiger partial charge in [0, 0.05) is 49.6 Å². The summed E-state index contributed by atoms with van der Waals surface area (Å²) in [6.07, 6.45) is 9.28. The fourth-order valence-corrected chi connectivity index (χ4v) is 4.86. The molecule has 1 spiro atoms. The van der Waals surface area contributed by atoms with Crippen LogP contribution < -0.4 is 5.43 Å². The highest BCUT2D eigenvalue weighted by molar-refractivity contribution is 5.94. The molecule has 1 atom stereocenters. The van der Waals surface area contributed by atoms with Crippen molar-refractivity contribution in [2.24, 2.45) is 11.3 Å². The van der Waals surface area contributed by atoms with Gasteiger partial charge in [0.15, 0.2) is 5.43 Å². The Hall–Kier alpha value is -1.62. The topological polar surface area (TPSA) is 56.4 Å². The Labute approximate surface area is 149 Å². The SMILES string of the molecule is Cc1cc(=O)c(C(=O)N2CC[C@]3(CCCN(CC4CCC4)C3)C2)c[nH]1. The molecule has 0 unspecified atom stereocenters. The van der Waals surface area contributed by atoms with Crippen molar-refractivity contribution in [1.29, 1.82) is 0 Å². The summed E-state index contributed by atoms with van der Waals surface area (Å²) in [7, 11) is 0. The van der Waals surface area contributed by atoms with E-state index in [2.05, 4.69) is 9.88 Å². The summed E-state index contributed by atoms with van der Waals surface area (Å²) in [6.45, 7) is 7.00. The summed E-state index contributed by atoms with van der Waals surface area (Å²) in [4.78, 5) is 32.5. The number of nitrogens with zero attached hydrogens (tertiary/aromatic N) is 2. The van der Waals surface area contributed by atoms with Crippen molar-refractivity contribution in [1.82, 2.24) is 14.8 Å². The van der Waals surface area contributed by atoms with Crippen LogP contribution >= 0.6 is 0 Å². The van der Waals surface area contributed by atoms with E-state index in [1.807, 2.05) is 11.8 Å². The van der Waals surface area contributed by atoms with Gasteiger partial charge < -0.3 is 14.8 Å². The van der Waals surface area contributed by atoms with E-state index in [4.69, 9.17) is 0 Å². The standard InChI is InChI=1S/C20H29N3O2/c1-15-10-18(24)17(11-21-15)19(25)23-9-7-20(14-23)6-3-8-22(13-20)12-16-4-2-5-16/h10-11,16H,2-9,12-14H2,1H3,(H,21,24)/t20-/m0/s1. The van der Waals surface area contributed by atoms with Gasteiger partial charge in [-0.05, 0) is 51.5 Å². The first-order chi connectivity index (χ1) is 12.0. The molecule has 4 rings (SSSR count). The fourth-order valence-electron chi connectivity index (χ4n) is 4.86. The number of nitrogens with one attached hydrogen (secondary N) is 1. The van der Waals surface area contributed by atoms with Crippen molar-refractivity contribution in [2.45, 2.75) is 45.4 Å². The second-order valence-electron chi connectivity index (χ2n) is 8.51. The molecule has 1 aromatic rings. The molecule has 3 fully saturated rings. The van der Waals surface area contributed by atoms with Gasteiger partial charge in [0.05, 0.1) is 0 Å². The zero-order valence-electron chi connectivity index (χ0n) is 15.2. The molecule has 0 aromatic carbocycles. The number of rotatable bonds is 3.